The number of rotatable bonds is 5. The van der Waals surface area contributed by atoms with E-state index in [1.54, 1.807) is 18.4 Å². The Kier molecular flexibility index (Phi) is 5.39. The Balaban J connectivity index is 1.88. The molecule has 0 bridgehead atoms. The van der Waals surface area contributed by atoms with E-state index >= 15 is 0 Å². The average molecular weight is 301 g/mol. The smallest absolute Gasteiger partial charge is 0.191 e. The molecule has 1 aromatic heterocycles. The van der Waals surface area contributed by atoms with Crippen molar-refractivity contribution < 1.29 is 0 Å². The van der Waals surface area contributed by atoms with Gasteiger partial charge in [-0.25, -0.2) is 0 Å². The standard InChI is InChI=1S/C17H23N3S/c1-17(2,15-7-5-4-6-8-15)13-20-16(18-3)19-11-14-9-10-21-12-14/h4-10,12H,11,13H2,1-3H3,(H2,18,19,20). The van der Waals surface area contributed by atoms with Gasteiger partial charge in [0, 0.05) is 25.6 Å². The molecule has 0 aliphatic heterocycles. The molecule has 1 heterocycles. The van der Waals surface area contributed by atoms with Crippen LogP contribution in [0.5, 0.6) is 0 Å². The van der Waals surface area contributed by atoms with E-state index in [0.717, 1.165) is 19.0 Å². The summed E-state index contributed by atoms with van der Waals surface area (Å²) in [5.41, 5.74) is 2.66. The van der Waals surface area contributed by atoms with Crippen LogP contribution in [0.2, 0.25) is 0 Å². The van der Waals surface area contributed by atoms with Crippen LogP contribution in [0, 0.1) is 0 Å². The van der Waals surface area contributed by atoms with Gasteiger partial charge >= 0.3 is 0 Å². The molecular weight excluding hydrogens is 278 g/mol. The van der Waals surface area contributed by atoms with Crippen molar-refractivity contribution in [3.63, 3.8) is 0 Å². The van der Waals surface area contributed by atoms with Crippen molar-refractivity contribution in [1.82, 2.24) is 10.6 Å². The van der Waals surface area contributed by atoms with Crippen LogP contribution in [-0.4, -0.2) is 19.6 Å². The topological polar surface area (TPSA) is 36.4 Å². The van der Waals surface area contributed by atoms with E-state index in [1.165, 1.54) is 11.1 Å². The molecule has 4 heteroatoms. The number of hydrogen-bond donors (Lipinski definition) is 2. The normalized spacial score (nSPS) is 12.2. The molecule has 21 heavy (non-hydrogen) atoms. The lowest BCUT2D eigenvalue weighted by Gasteiger charge is -2.26. The number of guanidine groups is 1. The monoisotopic (exact) mass is 301 g/mol. The molecule has 2 rings (SSSR count). The molecule has 2 aromatic rings. The van der Waals surface area contributed by atoms with Gasteiger partial charge in [0.15, 0.2) is 5.96 Å². The van der Waals surface area contributed by atoms with Crippen molar-refractivity contribution in [1.29, 1.82) is 0 Å². The fourth-order valence-electron chi connectivity index (χ4n) is 2.10. The average Bonchev–Trinajstić information content (AvgIpc) is 3.02. The molecule has 0 saturated heterocycles. The first-order valence-corrected chi connectivity index (χ1v) is 8.07. The molecule has 0 atom stereocenters. The van der Waals surface area contributed by atoms with E-state index in [4.69, 9.17) is 0 Å². The Morgan fingerprint density at radius 3 is 2.52 bits per heavy atom. The summed E-state index contributed by atoms with van der Waals surface area (Å²) >= 11 is 1.71. The summed E-state index contributed by atoms with van der Waals surface area (Å²) in [6.45, 7) is 6.11. The third kappa shape index (κ3) is 4.60. The van der Waals surface area contributed by atoms with Gasteiger partial charge in [0.05, 0.1) is 0 Å². The maximum absolute atomic E-state index is 4.28. The lowest BCUT2D eigenvalue weighted by Crippen LogP contribution is -2.43. The fourth-order valence-corrected chi connectivity index (χ4v) is 2.76. The van der Waals surface area contributed by atoms with E-state index in [-0.39, 0.29) is 5.41 Å². The van der Waals surface area contributed by atoms with Crippen molar-refractivity contribution >= 4 is 17.3 Å². The summed E-state index contributed by atoms with van der Waals surface area (Å²) in [5, 5.41) is 11.0. The molecule has 0 aliphatic carbocycles. The van der Waals surface area contributed by atoms with E-state index in [9.17, 15) is 0 Å². The van der Waals surface area contributed by atoms with Gasteiger partial charge in [0.2, 0.25) is 0 Å². The minimum atomic E-state index is 0.0568. The molecule has 3 nitrogen and oxygen atoms in total. The second-order valence-corrected chi connectivity index (χ2v) is 6.44. The molecule has 0 spiro atoms. The van der Waals surface area contributed by atoms with Crippen LogP contribution in [0.4, 0.5) is 0 Å². The SMILES string of the molecule is CN=C(NCc1ccsc1)NCC(C)(C)c1ccccc1. The Morgan fingerprint density at radius 1 is 1.14 bits per heavy atom. The van der Waals surface area contributed by atoms with Crippen LogP contribution in [-0.2, 0) is 12.0 Å². The second kappa shape index (κ2) is 7.27. The lowest BCUT2D eigenvalue weighted by molar-refractivity contribution is 0.508. The van der Waals surface area contributed by atoms with Gasteiger partial charge in [-0.3, -0.25) is 4.99 Å². The van der Waals surface area contributed by atoms with Gasteiger partial charge in [-0.2, -0.15) is 11.3 Å². The number of aliphatic imine (C=N–C) groups is 1. The van der Waals surface area contributed by atoms with Crippen molar-refractivity contribution in [3.8, 4) is 0 Å². The third-order valence-corrected chi connectivity index (χ3v) is 4.25. The molecule has 0 unspecified atom stereocenters. The summed E-state index contributed by atoms with van der Waals surface area (Å²) in [4.78, 5) is 4.28. The predicted molar refractivity (Wildman–Crippen MR) is 92.0 cm³/mol. The van der Waals surface area contributed by atoms with Crippen LogP contribution in [0.25, 0.3) is 0 Å². The van der Waals surface area contributed by atoms with E-state index in [1.807, 2.05) is 6.07 Å². The molecule has 0 radical (unpaired) electrons. The quantitative estimate of drug-likeness (QED) is 0.656. The number of nitrogens with zero attached hydrogens (tertiary/aromatic N) is 1. The summed E-state index contributed by atoms with van der Waals surface area (Å²) in [6.07, 6.45) is 0. The zero-order chi connectivity index (χ0) is 15.1. The number of hydrogen-bond acceptors (Lipinski definition) is 2. The highest BCUT2D eigenvalue weighted by molar-refractivity contribution is 7.07. The molecule has 0 fully saturated rings. The maximum Gasteiger partial charge on any atom is 0.191 e. The van der Waals surface area contributed by atoms with Crippen LogP contribution < -0.4 is 10.6 Å². The summed E-state index contributed by atoms with van der Waals surface area (Å²) in [7, 11) is 1.80. The minimum absolute atomic E-state index is 0.0568. The summed E-state index contributed by atoms with van der Waals surface area (Å²) in [5.74, 6) is 0.838. The van der Waals surface area contributed by atoms with Gasteiger partial charge in [-0.05, 0) is 28.0 Å². The minimum Gasteiger partial charge on any atom is -0.356 e. The number of benzene rings is 1. The van der Waals surface area contributed by atoms with E-state index in [2.05, 4.69) is 70.6 Å². The van der Waals surface area contributed by atoms with Crippen molar-refractivity contribution in [3.05, 3.63) is 58.3 Å². The number of thiophene rings is 1. The first-order chi connectivity index (χ1) is 10.1. The van der Waals surface area contributed by atoms with E-state index in [0.29, 0.717) is 0 Å². The molecule has 0 amide bonds. The Morgan fingerprint density at radius 2 is 1.90 bits per heavy atom. The Bertz CT molecular complexity index is 559. The van der Waals surface area contributed by atoms with Gasteiger partial charge in [0.25, 0.3) is 0 Å². The van der Waals surface area contributed by atoms with Crippen LogP contribution in [0.1, 0.15) is 25.0 Å². The third-order valence-electron chi connectivity index (χ3n) is 3.52. The Hall–Kier alpha value is -1.81. The van der Waals surface area contributed by atoms with E-state index < -0.39 is 0 Å². The van der Waals surface area contributed by atoms with Crippen molar-refractivity contribution in [2.45, 2.75) is 25.8 Å². The highest BCUT2D eigenvalue weighted by atomic mass is 32.1. The summed E-state index contributed by atoms with van der Waals surface area (Å²) in [6, 6.07) is 12.7. The molecule has 0 saturated carbocycles. The summed E-state index contributed by atoms with van der Waals surface area (Å²) < 4.78 is 0. The first kappa shape index (κ1) is 15.6. The number of nitrogens with one attached hydrogen (secondary N) is 2. The molecule has 112 valence electrons. The van der Waals surface area contributed by atoms with Crippen LogP contribution >= 0.6 is 11.3 Å². The molecule has 0 aliphatic rings. The zero-order valence-electron chi connectivity index (χ0n) is 12.9. The lowest BCUT2D eigenvalue weighted by atomic mass is 9.85. The van der Waals surface area contributed by atoms with Crippen molar-refractivity contribution in [2.75, 3.05) is 13.6 Å². The fraction of sp³-hybridized carbons (Fsp3) is 0.353. The maximum atomic E-state index is 4.28. The zero-order valence-corrected chi connectivity index (χ0v) is 13.7. The van der Waals surface area contributed by atoms with Crippen molar-refractivity contribution in [2.24, 2.45) is 4.99 Å². The van der Waals surface area contributed by atoms with Gasteiger partial charge < -0.3 is 10.6 Å². The highest BCUT2D eigenvalue weighted by Gasteiger charge is 2.20. The van der Waals surface area contributed by atoms with Gasteiger partial charge in [0.1, 0.15) is 0 Å². The Labute approximate surface area is 131 Å². The first-order valence-electron chi connectivity index (χ1n) is 7.13. The second-order valence-electron chi connectivity index (χ2n) is 5.66. The molecule has 2 N–H and O–H groups in total. The van der Waals surface area contributed by atoms with Crippen LogP contribution in [0.3, 0.4) is 0 Å². The molecule has 1 aromatic carbocycles. The largest absolute Gasteiger partial charge is 0.356 e. The molecular formula is C17H23N3S. The van der Waals surface area contributed by atoms with Gasteiger partial charge in [-0.15, -0.1) is 0 Å². The van der Waals surface area contributed by atoms with Crippen LogP contribution in [0.15, 0.2) is 52.2 Å². The predicted octanol–water partition coefficient (Wildman–Crippen LogP) is 3.39. The highest BCUT2D eigenvalue weighted by Crippen LogP contribution is 2.21. The van der Waals surface area contributed by atoms with Gasteiger partial charge in [-0.1, -0.05) is 44.2 Å².